The summed E-state index contributed by atoms with van der Waals surface area (Å²) in [6.45, 7) is 0.331. The lowest BCUT2D eigenvalue weighted by atomic mass is 10.1. The minimum Gasteiger partial charge on any atom is -0.479 e. The van der Waals surface area contributed by atoms with Crippen LogP contribution in [0, 0.1) is 0 Å². The van der Waals surface area contributed by atoms with Crippen LogP contribution >= 0.6 is 11.6 Å². The average Bonchev–Trinajstić information content (AvgIpc) is 3.08. The SMILES string of the molecule is COc1nn(C)cc1C(=O)Nc1ccc(C(=O)NCc2ccccc2Cl)cc1. The summed E-state index contributed by atoms with van der Waals surface area (Å²) in [6, 6.07) is 13.9. The second-order valence-corrected chi connectivity index (χ2v) is 6.44. The molecule has 0 saturated carbocycles. The van der Waals surface area contributed by atoms with Crippen LogP contribution in [0.4, 0.5) is 5.69 Å². The van der Waals surface area contributed by atoms with E-state index in [2.05, 4.69) is 15.7 Å². The molecular weight excluding hydrogens is 380 g/mol. The quantitative estimate of drug-likeness (QED) is 0.667. The number of hydrogen-bond donors (Lipinski definition) is 2. The summed E-state index contributed by atoms with van der Waals surface area (Å²) >= 11 is 6.09. The molecule has 1 aromatic heterocycles. The van der Waals surface area contributed by atoms with Gasteiger partial charge in [-0.2, -0.15) is 0 Å². The molecule has 28 heavy (non-hydrogen) atoms. The van der Waals surface area contributed by atoms with Gasteiger partial charge in [-0.05, 0) is 35.9 Å². The van der Waals surface area contributed by atoms with E-state index in [1.54, 1.807) is 43.6 Å². The predicted octanol–water partition coefficient (Wildman–Crippen LogP) is 3.26. The highest BCUT2D eigenvalue weighted by atomic mass is 35.5. The molecule has 1 heterocycles. The van der Waals surface area contributed by atoms with Crippen molar-refractivity contribution in [1.29, 1.82) is 0 Å². The van der Waals surface area contributed by atoms with Crippen molar-refractivity contribution < 1.29 is 14.3 Å². The van der Waals surface area contributed by atoms with Gasteiger partial charge in [0.05, 0.1) is 7.11 Å². The molecule has 2 N–H and O–H groups in total. The standard InChI is InChI=1S/C20H19ClN4O3/c1-25-12-16(20(24-25)28-2)19(27)23-15-9-7-13(8-10-15)18(26)22-11-14-5-3-4-6-17(14)21/h3-10,12H,11H2,1-2H3,(H,22,26)(H,23,27). The van der Waals surface area contributed by atoms with Gasteiger partial charge < -0.3 is 15.4 Å². The van der Waals surface area contributed by atoms with Gasteiger partial charge in [-0.25, -0.2) is 0 Å². The fourth-order valence-electron chi connectivity index (χ4n) is 2.60. The number of anilines is 1. The summed E-state index contributed by atoms with van der Waals surface area (Å²) in [5, 5.41) is 10.2. The molecule has 0 spiro atoms. The number of carbonyl (C=O) groups excluding carboxylic acids is 2. The Kier molecular flexibility index (Phi) is 5.96. The summed E-state index contributed by atoms with van der Waals surface area (Å²) in [7, 11) is 3.16. The maximum atomic E-state index is 12.4. The zero-order valence-corrected chi connectivity index (χ0v) is 16.2. The fraction of sp³-hybridized carbons (Fsp3) is 0.150. The van der Waals surface area contributed by atoms with Gasteiger partial charge in [-0.3, -0.25) is 14.3 Å². The van der Waals surface area contributed by atoms with E-state index in [9.17, 15) is 9.59 Å². The highest BCUT2D eigenvalue weighted by Gasteiger charge is 2.16. The molecule has 0 aliphatic carbocycles. The number of ether oxygens (including phenoxy) is 1. The van der Waals surface area contributed by atoms with E-state index in [0.717, 1.165) is 5.56 Å². The monoisotopic (exact) mass is 398 g/mol. The molecule has 0 bridgehead atoms. The lowest BCUT2D eigenvalue weighted by Gasteiger charge is -2.08. The zero-order chi connectivity index (χ0) is 20.1. The van der Waals surface area contributed by atoms with Crippen LogP contribution in [-0.4, -0.2) is 28.7 Å². The molecule has 0 saturated heterocycles. The summed E-state index contributed by atoms with van der Waals surface area (Å²) in [5.41, 5.74) is 2.20. The van der Waals surface area contributed by atoms with Gasteiger partial charge in [0.25, 0.3) is 11.8 Å². The third-order valence-electron chi connectivity index (χ3n) is 4.04. The van der Waals surface area contributed by atoms with Crippen LogP contribution in [0.15, 0.2) is 54.7 Å². The number of amides is 2. The number of nitrogens with one attached hydrogen (secondary N) is 2. The van der Waals surface area contributed by atoms with E-state index in [-0.39, 0.29) is 17.7 Å². The minimum atomic E-state index is -0.346. The first-order chi connectivity index (χ1) is 13.5. The van der Waals surface area contributed by atoms with Gasteiger partial charge in [0.15, 0.2) is 0 Å². The number of aryl methyl sites for hydroxylation is 1. The van der Waals surface area contributed by atoms with Crippen molar-refractivity contribution in [2.24, 2.45) is 7.05 Å². The zero-order valence-electron chi connectivity index (χ0n) is 15.4. The van der Waals surface area contributed by atoms with Crippen molar-refractivity contribution in [3.8, 4) is 5.88 Å². The van der Waals surface area contributed by atoms with Crippen molar-refractivity contribution in [1.82, 2.24) is 15.1 Å². The minimum absolute atomic E-state index is 0.230. The van der Waals surface area contributed by atoms with Crippen molar-refractivity contribution >= 4 is 29.1 Å². The number of halogens is 1. The van der Waals surface area contributed by atoms with E-state index in [1.807, 2.05) is 18.2 Å². The third-order valence-corrected chi connectivity index (χ3v) is 4.40. The van der Waals surface area contributed by atoms with Crippen LogP contribution < -0.4 is 15.4 Å². The molecule has 0 fully saturated rings. The molecule has 7 nitrogen and oxygen atoms in total. The summed E-state index contributed by atoms with van der Waals surface area (Å²) < 4.78 is 6.59. The number of rotatable bonds is 6. The van der Waals surface area contributed by atoms with Crippen LogP contribution in [0.2, 0.25) is 5.02 Å². The first-order valence-electron chi connectivity index (χ1n) is 8.48. The number of methoxy groups -OCH3 is 1. The van der Waals surface area contributed by atoms with E-state index >= 15 is 0 Å². The first kappa shape index (κ1) is 19.4. The van der Waals surface area contributed by atoms with Gasteiger partial charge >= 0.3 is 0 Å². The molecule has 0 aliphatic heterocycles. The highest BCUT2D eigenvalue weighted by molar-refractivity contribution is 6.31. The van der Waals surface area contributed by atoms with Gasteiger partial charge in [0.2, 0.25) is 5.88 Å². The number of benzene rings is 2. The lowest BCUT2D eigenvalue weighted by molar-refractivity contribution is 0.0950. The van der Waals surface area contributed by atoms with Gasteiger partial charge in [0.1, 0.15) is 5.56 Å². The normalized spacial score (nSPS) is 10.4. The van der Waals surface area contributed by atoms with Gasteiger partial charge in [-0.15, -0.1) is 5.10 Å². The Morgan fingerprint density at radius 3 is 2.50 bits per heavy atom. The molecule has 8 heteroatoms. The van der Waals surface area contributed by atoms with Gasteiger partial charge in [-0.1, -0.05) is 29.8 Å². The van der Waals surface area contributed by atoms with E-state index in [0.29, 0.717) is 28.4 Å². The molecule has 0 unspecified atom stereocenters. The van der Waals surface area contributed by atoms with Crippen LogP contribution in [0.5, 0.6) is 5.88 Å². The summed E-state index contributed by atoms with van der Waals surface area (Å²) in [4.78, 5) is 24.7. The van der Waals surface area contributed by atoms with Crippen molar-refractivity contribution in [2.45, 2.75) is 6.54 Å². The van der Waals surface area contributed by atoms with E-state index in [4.69, 9.17) is 16.3 Å². The molecule has 3 aromatic rings. The first-order valence-corrected chi connectivity index (χ1v) is 8.86. The van der Waals surface area contributed by atoms with Crippen molar-refractivity contribution in [3.63, 3.8) is 0 Å². The van der Waals surface area contributed by atoms with Crippen LogP contribution in [-0.2, 0) is 13.6 Å². The maximum Gasteiger partial charge on any atom is 0.262 e. The van der Waals surface area contributed by atoms with Crippen molar-refractivity contribution in [3.05, 3.63) is 76.4 Å². The van der Waals surface area contributed by atoms with E-state index in [1.165, 1.54) is 11.8 Å². The second-order valence-electron chi connectivity index (χ2n) is 6.03. The smallest absolute Gasteiger partial charge is 0.262 e. The Bertz CT molecular complexity index is 999. The Balaban J connectivity index is 1.62. The summed E-state index contributed by atoms with van der Waals surface area (Å²) in [6.07, 6.45) is 1.57. The number of nitrogens with zero attached hydrogens (tertiary/aromatic N) is 2. The van der Waals surface area contributed by atoms with Crippen molar-refractivity contribution in [2.75, 3.05) is 12.4 Å². The molecule has 144 valence electrons. The molecular formula is C20H19ClN4O3. The largest absolute Gasteiger partial charge is 0.479 e. The van der Waals surface area contributed by atoms with Crippen LogP contribution in [0.1, 0.15) is 26.3 Å². The highest BCUT2D eigenvalue weighted by Crippen LogP contribution is 2.18. The maximum absolute atomic E-state index is 12.4. The summed E-state index contributed by atoms with van der Waals surface area (Å²) in [5.74, 6) is -0.330. The Hall–Kier alpha value is -3.32. The third kappa shape index (κ3) is 4.50. The average molecular weight is 399 g/mol. The molecule has 2 amide bonds. The Labute approximate surface area is 167 Å². The Morgan fingerprint density at radius 1 is 1.11 bits per heavy atom. The topological polar surface area (TPSA) is 85.2 Å². The second kappa shape index (κ2) is 8.58. The number of carbonyl (C=O) groups is 2. The van der Waals surface area contributed by atoms with Crippen LogP contribution in [0.25, 0.3) is 0 Å². The Morgan fingerprint density at radius 2 is 1.82 bits per heavy atom. The molecule has 0 radical (unpaired) electrons. The molecule has 3 rings (SSSR count). The van der Waals surface area contributed by atoms with E-state index < -0.39 is 0 Å². The number of hydrogen-bond acceptors (Lipinski definition) is 4. The molecule has 0 atom stereocenters. The molecule has 2 aromatic carbocycles. The lowest BCUT2D eigenvalue weighted by Crippen LogP contribution is -2.23. The molecule has 0 aliphatic rings. The fourth-order valence-corrected chi connectivity index (χ4v) is 2.80. The van der Waals surface area contributed by atoms with Gasteiger partial charge in [0, 0.05) is 36.1 Å². The predicted molar refractivity (Wildman–Crippen MR) is 107 cm³/mol. The number of aromatic nitrogens is 2. The van der Waals surface area contributed by atoms with Crippen LogP contribution in [0.3, 0.4) is 0 Å².